The Morgan fingerprint density at radius 2 is 1.89 bits per heavy atom. The van der Waals surface area contributed by atoms with E-state index < -0.39 is 10.0 Å². The van der Waals surface area contributed by atoms with Gasteiger partial charge in [0, 0.05) is 11.6 Å². The Hall–Kier alpha value is -2.73. The lowest BCUT2D eigenvalue weighted by Gasteiger charge is -2.11. The number of nitrogens with zero attached hydrogens (tertiary/aromatic N) is 4. The third-order valence-corrected chi connectivity index (χ3v) is 7.46. The lowest BCUT2D eigenvalue weighted by Crippen LogP contribution is -2.14. The highest BCUT2D eigenvalue weighted by molar-refractivity contribution is 7.90. The molecule has 3 heterocycles. The minimum absolute atomic E-state index is 0.140. The molecule has 0 amide bonds. The third kappa shape index (κ3) is 2.79. The molecule has 28 heavy (non-hydrogen) atoms. The molecule has 3 aromatic heterocycles. The van der Waals surface area contributed by atoms with Gasteiger partial charge in [-0.25, -0.2) is 22.4 Å². The number of hydrogen-bond acceptors (Lipinski definition) is 6. The first-order valence-corrected chi connectivity index (χ1v) is 10.9. The number of nitriles is 1. The molecule has 6 nitrogen and oxygen atoms in total. The maximum atomic E-state index is 13.5. The van der Waals surface area contributed by atoms with E-state index in [-0.39, 0.29) is 21.1 Å². The average molecular weight is 429 g/mol. The van der Waals surface area contributed by atoms with Gasteiger partial charge in [-0.3, -0.25) is 0 Å². The summed E-state index contributed by atoms with van der Waals surface area (Å²) in [6.07, 6.45) is 1.29. The van der Waals surface area contributed by atoms with Gasteiger partial charge in [0.05, 0.1) is 37.3 Å². The first-order chi connectivity index (χ1) is 13.3. The summed E-state index contributed by atoms with van der Waals surface area (Å²) in [5.74, 6) is 0. The minimum Gasteiger partial charge on any atom is -0.249 e. The number of halogens is 1. The molecular weight excluding hydrogens is 416 g/mol. The van der Waals surface area contributed by atoms with Crippen LogP contribution < -0.4 is 0 Å². The van der Waals surface area contributed by atoms with Crippen molar-refractivity contribution in [2.24, 2.45) is 0 Å². The molecule has 0 saturated carbocycles. The summed E-state index contributed by atoms with van der Waals surface area (Å²) in [5.41, 5.74) is 4.08. The van der Waals surface area contributed by atoms with E-state index in [2.05, 4.69) is 9.97 Å². The molecule has 4 rings (SSSR count). The standard InChI is InChI=1S/C19H13ClN4O2S2/c1-11-3-5-14(6-4-11)28(25,26)24-16(18-12(2)23-10-27-18)7-15-17(20)13(8-21)9-22-19(15)24/h3-7,9-10H,1-2H3. The van der Waals surface area contributed by atoms with Gasteiger partial charge in [0.1, 0.15) is 6.07 Å². The lowest BCUT2D eigenvalue weighted by atomic mass is 10.2. The number of rotatable bonds is 3. The maximum Gasteiger partial charge on any atom is 0.269 e. The molecule has 0 aliphatic carbocycles. The van der Waals surface area contributed by atoms with E-state index in [9.17, 15) is 13.7 Å². The van der Waals surface area contributed by atoms with Crippen LogP contribution in [0.5, 0.6) is 0 Å². The van der Waals surface area contributed by atoms with Gasteiger partial charge >= 0.3 is 0 Å². The van der Waals surface area contributed by atoms with Crippen molar-refractivity contribution in [1.82, 2.24) is 13.9 Å². The minimum atomic E-state index is -3.96. The van der Waals surface area contributed by atoms with Crippen molar-refractivity contribution in [2.45, 2.75) is 18.7 Å². The maximum absolute atomic E-state index is 13.5. The van der Waals surface area contributed by atoms with Crippen molar-refractivity contribution in [3.05, 3.63) is 63.9 Å². The van der Waals surface area contributed by atoms with E-state index in [4.69, 9.17) is 11.6 Å². The van der Waals surface area contributed by atoms with Crippen molar-refractivity contribution < 1.29 is 8.42 Å². The quantitative estimate of drug-likeness (QED) is 0.478. The van der Waals surface area contributed by atoms with Crippen molar-refractivity contribution in [3.8, 4) is 16.6 Å². The Labute approximate surface area is 170 Å². The van der Waals surface area contributed by atoms with Crippen LogP contribution in [0.4, 0.5) is 0 Å². The molecule has 4 aromatic rings. The van der Waals surface area contributed by atoms with Gasteiger partial charge in [0.15, 0.2) is 5.65 Å². The second kappa shape index (κ2) is 6.71. The van der Waals surface area contributed by atoms with E-state index in [1.54, 1.807) is 35.8 Å². The first kappa shape index (κ1) is 18.6. The monoisotopic (exact) mass is 428 g/mol. The van der Waals surface area contributed by atoms with Gasteiger partial charge in [0.25, 0.3) is 10.0 Å². The van der Waals surface area contributed by atoms with E-state index in [0.29, 0.717) is 21.7 Å². The Balaban J connectivity index is 2.12. The Bertz CT molecular complexity index is 1360. The third-order valence-electron chi connectivity index (χ3n) is 4.38. The molecule has 0 unspecified atom stereocenters. The molecule has 0 radical (unpaired) electrons. The number of thiazole rings is 1. The highest BCUT2D eigenvalue weighted by Crippen LogP contribution is 2.38. The fourth-order valence-electron chi connectivity index (χ4n) is 2.94. The molecule has 0 bridgehead atoms. The van der Waals surface area contributed by atoms with Gasteiger partial charge in [-0.15, -0.1) is 11.3 Å². The summed E-state index contributed by atoms with van der Waals surface area (Å²) in [7, 11) is -3.96. The lowest BCUT2D eigenvalue weighted by molar-refractivity contribution is 0.589. The topological polar surface area (TPSA) is 88.6 Å². The van der Waals surface area contributed by atoms with Gasteiger partial charge in [-0.2, -0.15) is 5.26 Å². The summed E-state index contributed by atoms with van der Waals surface area (Å²) in [5, 5.41) is 9.82. The molecule has 1 aromatic carbocycles. The van der Waals surface area contributed by atoms with Crippen molar-refractivity contribution in [3.63, 3.8) is 0 Å². The van der Waals surface area contributed by atoms with E-state index in [0.717, 1.165) is 5.56 Å². The van der Waals surface area contributed by atoms with Crippen LogP contribution in [0.15, 0.2) is 46.9 Å². The molecule has 0 N–H and O–H groups in total. The van der Waals surface area contributed by atoms with Gasteiger partial charge in [0.2, 0.25) is 0 Å². The number of hydrogen-bond donors (Lipinski definition) is 0. The van der Waals surface area contributed by atoms with Crippen molar-refractivity contribution in [2.75, 3.05) is 0 Å². The van der Waals surface area contributed by atoms with Crippen LogP contribution in [0.1, 0.15) is 16.8 Å². The molecule has 0 aliphatic heterocycles. The predicted molar refractivity (Wildman–Crippen MR) is 109 cm³/mol. The smallest absolute Gasteiger partial charge is 0.249 e. The zero-order chi connectivity index (χ0) is 20.1. The second-order valence-corrected chi connectivity index (χ2v) is 9.23. The molecule has 0 saturated heterocycles. The highest BCUT2D eigenvalue weighted by Gasteiger charge is 2.27. The normalized spacial score (nSPS) is 11.6. The zero-order valence-electron chi connectivity index (χ0n) is 14.8. The van der Waals surface area contributed by atoms with Gasteiger partial charge in [-0.1, -0.05) is 29.3 Å². The molecule has 9 heteroatoms. The SMILES string of the molecule is Cc1ccc(S(=O)(=O)n2c(-c3scnc3C)cc3c(Cl)c(C#N)cnc32)cc1. The van der Waals surface area contributed by atoms with Crippen LogP contribution in [0.2, 0.25) is 5.02 Å². The van der Waals surface area contributed by atoms with Crippen molar-refractivity contribution in [1.29, 1.82) is 5.26 Å². The van der Waals surface area contributed by atoms with Gasteiger partial charge < -0.3 is 0 Å². The van der Waals surface area contributed by atoms with Crippen LogP contribution >= 0.6 is 22.9 Å². The fraction of sp³-hybridized carbons (Fsp3) is 0.105. The summed E-state index contributed by atoms with van der Waals surface area (Å²) >= 11 is 7.69. The van der Waals surface area contributed by atoms with E-state index in [1.807, 2.05) is 19.9 Å². The van der Waals surface area contributed by atoms with Crippen LogP contribution in [-0.2, 0) is 10.0 Å². The molecule has 0 atom stereocenters. The predicted octanol–water partition coefficient (Wildman–Crippen LogP) is 4.54. The number of aryl methyl sites for hydroxylation is 2. The van der Waals surface area contributed by atoms with E-state index >= 15 is 0 Å². The summed E-state index contributed by atoms with van der Waals surface area (Å²) in [4.78, 5) is 9.31. The second-order valence-electron chi connectivity index (χ2n) is 6.21. The molecule has 140 valence electrons. The number of aromatic nitrogens is 3. The molecule has 0 fully saturated rings. The van der Waals surface area contributed by atoms with Crippen LogP contribution in [0.3, 0.4) is 0 Å². The van der Waals surface area contributed by atoms with Crippen LogP contribution in [-0.4, -0.2) is 22.4 Å². The Kier molecular flexibility index (Phi) is 4.46. The van der Waals surface area contributed by atoms with Crippen molar-refractivity contribution >= 4 is 44.0 Å². The summed E-state index contributed by atoms with van der Waals surface area (Å²) < 4.78 is 28.2. The number of pyridine rings is 1. The van der Waals surface area contributed by atoms with Gasteiger partial charge in [-0.05, 0) is 32.0 Å². The Morgan fingerprint density at radius 3 is 2.50 bits per heavy atom. The Morgan fingerprint density at radius 1 is 1.18 bits per heavy atom. The summed E-state index contributed by atoms with van der Waals surface area (Å²) in [6, 6.07) is 10.2. The first-order valence-electron chi connectivity index (χ1n) is 8.17. The molecular formula is C19H13ClN4O2S2. The average Bonchev–Trinajstić information content (AvgIpc) is 3.26. The number of fused-ring (bicyclic) bond motifs is 1. The summed E-state index contributed by atoms with van der Waals surface area (Å²) in [6.45, 7) is 3.69. The van der Waals surface area contributed by atoms with Crippen LogP contribution in [0, 0.1) is 25.2 Å². The van der Waals surface area contributed by atoms with Crippen LogP contribution in [0.25, 0.3) is 21.6 Å². The zero-order valence-corrected chi connectivity index (χ0v) is 17.2. The largest absolute Gasteiger partial charge is 0.269 e. The highest BCUT2D eigenvalue weighted by atomic mass is 35.5. The van der Waals surface area contributed by atoms with E-state index in [1.165, 1.54) is 21.5 Å². The number of benzene rings is 1. The fourth-order valence-corrected chi connectivity index (χ4v) is 5.50. The molecule has 0 aliphatic rings. The molecule has 0 spiro atoms.